The molecule has 4 aliphatic rings. The molecule has 9 heteroatoms. The summed E-state index contributed by atoms with van der Waals surface area (Å²) in [6.07, 6.45) is 5.11. The molecule has 3 heterocycles. The first kappa shape index (κ1) is 21.4. The minimum absolute atomic E-state index is 0.0639. The van der Waals surface area contributed by atoms with Gasteiger partial charge in [-0.1, -0.05) is 18.2 Å². The van der Waals surface area contributed by atoms with Crippen LogP contribution in [0.15, 0.2) is 35.2 Å². The number of ether oxygens (including phenoxy) is 1. The molecule has 33 heavy (non-hydrogen) atoms. The molecule has 0 N–H and O–H groups in total. The smallest absolute Gasteiger partial charge is 0.245 e. The summed E-state index contributed by atoms with van der Waals surface area (Å²) in [6, 6.07) is 8.24. The Morgan fingerprint density at radius 3 is 2.61 bits per heavy atom. The quantitative estimate of drug-likeness (QED) is 0.680. The number of anilines is 1. The van der Waals surface area contributed by atoms with Gasteiger partial charge < -0.3 is 9.64 Å². The average Bonchev–Trinajstić information content (AvgIpc) is 3.60. The van der Waals surface area contributed by atoms with Crippen LogP contribution < -0.4 is 4.90 Å². The van der Waals surface area contributed by atoms with E-state index in [9.17, 15) is 8.42 Å². The third-order valence-electron chi connectivity index (χ3n) is 7.43. The number of rotatable bonds is 4. The minimum Gasteiger partial charge on any atom is -0.355 e. The standard InChI is InChI=1S/C24H29FN4O3S/c25-21-16-28(23-19-8-4-5-9-20(19)26-22(27-23)17-10-11-17)13-12-24(21)29(14-15-32-24)33(30,31)18-6-2-1-3-7-18/h1-3,6-7,17,21H,4-5,8-16H2. The number of hydrogen-bond donors (Lipinski definition) is 0. The predicted octanol–water partition coefficient (Wildman–Crippen LogP) is 3.20. The van der Waals surface area contributed by atoms with Gasteiger partial charge in [0, 0.05) is 36.7 Å². The normalized spacial score (nSPS) is 28.3. The molecule has 2 unspecified atom stereocenters. The van der Waals surface area contributed by atoms with Crippen molar-refractivity contribution >= 4 is 15.8 Å². The molecular formula is C24H29FN4O3S. The van der Waals surface area contributed by atoms with Crippen molar-refractivity contribution in [2.45, 2.75) is 67.7 Å². The Labute approximate surface area is 194 Å². The van der Waals surface area contributed by atoms with E-state index in [1.807, 2.05) is 4.90 Å². The zero-order chi connectivity index (χ0) is 22.6. The summed E-state index contributed by atoms with van der Waals surface area (Å²) in [7, 11) is -3.86. The Hall–Kier alpha value is -2.10. The number of benzene rings is 1. The molecule has 7 nitrogen and oxygen atoms in total. The van der Waals surface area contributed by atoms with E-state index in [-0.39, 0.29) is 31.0 Å². The second-order valence-corrected chi connectivity index (χ2v) is 11.4. The summed E-state index contributed by atoms with van der Waals surface area (Å²) in [5.74, 6) is 2.18. The van der Waals surface area contributed by atoms with Crippen LogP contribution in [0, 0.1) is 0 Å². The van der Waals surface area contributed by atoms with E-state index in [0.29, 0.717) is 12.5 Å². The second kappa shape index (κ2) is 7.99. The molecule has 1 saturated carbocycles. The van der Waals surface area contributed by atoms with Crippen LogP contribution in [0.1, 0.15) is 55.1 Å². The summed E-state index contributed by atoms with van der Waals surface area (Å²) >= 11 is 0. The first-order valence-corrected chi connectivity index (χ1v) is 13.4. The Morgan fingerprint density at radius 2 is 1.85 bits per heavy atom. The molecular weight excluding hydrogens is 443 g/mol. The number of sulfonamides is 1. The lowest BCUT2D eigenvalue weighted by Crippen LogP contribution is -2.62. The van der Waals surface area contributed by atoms with Gasteiger partial charge in [-0.05, 0) is 50.7 Å². The van der Waals surface area contributed by atoms with Gasteiger partial charge in [-0.3, -0.25) is 0 Å². The predicted molar refractivity (Wildman–Crippen MR) is 121 cm³/mol. The molecule has 0 amide bonds. The molecule has 3 fully saturated rings. The molecule has 1 aromatic carbocycles. The Kier molecular flexibility index (Phi) is 5.19. The zero-order valence-corrected chi connectivity index (χ0v) is 19.4. The molecule has 2 aromatic rings. The van der Waals surface area contributed by atoms with Crippen molar-refractivity contribution in [2.75, 3.05) is 31.1 Å². The first-order chi connectivity index (χ1) is 16.0. The number of halogens is 1. The SMILES string of the molecule is O=S(=O)(c1ccccc1)N1CCOC12CCN(c1nc(C3CC3)nc3c1CCCC3)CC2F. The molecule has 2 saturated heterocycles. The van der Waals surface area contributed by atoms with Crippen molar-refractivity contribution in [3.8, 4) is 0 Å². The fourth-order valence-electron chi connectivity index (χ4n) is 5.50. The van der Waals surface area contributed by atoms with Crippen LogP contribution in [0.5, 0.6) is 0 Å². The molecule has 1 aromatic heterocycles. The highest BCUT2D eigenvalue weighted by Gasteiger charge is 2.57. The number of alkyl halides is 1. The average molecular weight is 473 g/mol. The van der Waals surface area contributed by atoms with Crippen LogP contribution >= 0.6 is 0 Å². The maximum Gasteiger partial charge on any atom is 0.245 e. The highest BCUT2D eigenvalue weighted by molar-refractivity contribution is 7.89. The molecule has 2 aliphatic carbocycles. The summed E-state index contributed by atoms with van der Waals surface area (Å²) in [5.41, 5.74) is 0.807. The van der Waals surface area contributed by atoms with Crippen molar-refractivity contribution in [1.29, 1.82) is 0 Å². The molecule has 2 aliphatic heterocycles. The van der Waals surface area contributed by atoms with E-state index in [2.05, 4.69) is 0 Å². The monoisotopic (exact) mass is 472 g/mol. The van der Waals surface area contributed by atoms with Crippen LogP contribution in [-0.4, -0.2) is 60.8 Å². The molecule has 0 radical (unpaired) electrons. The van der Waals surface area contributed by atoms with Gasteiger partial charge in [0.25, 0.3) is 0 Å². The molecule has 2 atom stereocenters. The van der Waals surface area contributed by atoms with Crippen LogP contribution in [-0.2, 0) is 27.6 Å². The largest absolute Gasteiger partial charge is 0.355 e. The number of nitrogens with zero attached hydrogens (tertiary/aromatic N) is 4. The van der Waals surface area contributed by atoms with E-state index >= 15 is 4.39 Å². The molecule has 176 valence electrons. The Balaban J connectivity index is 1.31. The second-order valence-electron chi connectivity index (χ2n) is 9.56. The fraction of sp³-hybridized carbons (Fsp3) is 0.583. The van der Waals surface area contributed by atoms with Gasteiger partial charge >= 0.3 is 0 Å². The molecule has 6 rings (SSSR count). The third-order valence-corrected chi connectivity index (χ3v) is 9.37. The number of fused-ring (bicyclic) bond motifs is 1. The van der Waals surface area contributed by atoms with Gasteiger partial charge in [0.2, 0.25) is 10.0 Å². The highest BCUT2D eigenvalue weighted by Crippen LogP contribution is 2.43. The molecule has 0 bridgehead atoms. The lowest BCUT2D eigenvalue weighted by Gasteiger charge is -2.45. The minimum atomic E-state index is -3.86. The van der Waals surface area contributed by atoms with Crippen molar-refractivity contribution < 1.29 is 17.5 Å². The van der Waals surface area contributed by atoms with Crippen molar-refractivity contribution in [3.05, 3.63) is 47.4 Å². The summed E-state index contributed by atoms with van der Waals surface area (Å²) in [4.78, 5) is 11.9. The lowest BCUT2D eigenvalue weighted by molar-refractivity contribution is -0.116. The summed E-state index contributed by atoms with van der Waals surface area (Å²) < 4.78 is 49.8. The van der Waals surface area contributed by atoms with E-state index in [1.54, 1.807) is 30.3 Å². The van der Waals surface area contributed by atoms with E-state index in [1.165, 1.54) is 4.31 Å². The van der Waals surface area contributed by atoms with Crippen LogP contribution in [0.25, 0.3) is 0 Å². The zero-order valence-electron chi connectivity index (χ0n) is 18.6. The van der Waals surface area contributed by atoms with Gasteiger partial charge in [0.1, 0.15) is 11.6 Å². The maximum absolute atomic E-state index is 16.0. The van der Waals surface area contributed by atoms with E-state index < -0.39 is 21.9 Å². The van der Waals surface area contributed by atoms with E-state index in [4.69, 9.17) is 14.7 Å². The number of piperidine rings is 1. The summed E-state index contributed by atoms with van der Waals surface area (Å²) in [6.45, 7) is 0.913. The fourth-order valence-corrected chi connectivity index (χ4v) is 7.24. The van der Waals surface area contributed by atoms with Gasteiger partial charge in [0.05, 0.1) is 18.0 Å². The first-order valence-electron chi connectivity index (χ1n) is 12.0. The number of hydrogen-bond acceptors (Lipinski definition) is 6. The van der Waals surface area contributed by atoms with Crippen molar-refractivity contribution in [1.82, 2.24) is 14.3 Å². The number of aryl methyl sites for hydroxylation is 1. The third kappa shape index (κ3) is 3.56. The Bertz CT molecular complexity index is 1160. The Morgan fingerprint density at radius 1 is 1.06 bits per heavy atom. The maximum atomic E-state index is 16.0. The van der Waals surface area contributed by atoms with Gasteiger partial charge in [-0.25, -0.2) is 22.8 Å². The topological polar surface area (TPSA) is 75.6 Å². The summed E-state index contributed by atoms with van der Waals surface area (Å²) in [5, 5.41) is 0. The molecule has 1 spiro atoms. The number of aromatic nitrogens is 2. The highest BCUT2D eigenvalue weighted by atomic mass is 32.2. The van der Waals surface area contributed by atoms with Gasteiger partial charge in [0.15, 0.2) is 11.9 Å². The lowest BCUT2D eigenvalue weighted by atomic mass is 9.94. The van der Waals surface area contributed by atoms with Gasteiger partial charge in [-0.15, -0.1) is 0 Å². The van der Waals surface area contributed by atoms with Crippen LogP contribution in [0.3, 0.4) is 0 Å². The van der Waals surface area contributed by atoms with Crippen molar-refractivity contribution in [3.63, 3.8) is 0 Å². The van der Waals surface area contributed by atoms with Crippen LogP contribution in [0.2, 0.25) is 0 Å². The van der Waals surface area contributed by atoms with Crippen molar-refractivity contribution in [2.24, 2.45) is 0 Å². The van der Waals surface area contributed by atoms with Gasteiger partial charge in [-0.2, -0.15) is 4.31 Å². The van der Waals surface area contributed by atoms with Crippen LogP contribution in [0.4, 0.5) is 10.2 Å². The van der Waals surface area contributed by atoms with E-state index in [0.717, 1.165) is 61.4 Å².